The third kappa shape index (κ3) is 3.47. The van der Waals surface area contributed by atoms with E-state index in [2.05, 4.69) is 10.6 Å². The van der Waals surface area contributed by atoms with Gasteiger partial charge in [-0.2, -0.15) is 0 Å². The van der Waals surface area contributed by atoms with Gasteiger partial charge >= 0.3 is 0 Å². The third-order valence-corrected chi connectivity index (χ3v) is 3.44. The Bertz CT molecular complexity index is 457. The van der Waals surface area contributed by atoms with Crippen molar-refractivity contribution in [1.29, 1.82) is 0 Å². The average molecular weight is 262 g/mol. The van der Waals surface area contributed by atoms with Crippen molar-refractivity contribution in [3.8, 4) is 5.75 Å². The average Bonchev–Trinajstić information content (AvgIpc) is 2.73. The highest BCUT2D eigenvalue weighted by molar-refractivity contribution is 5.76. The summed E-state index contributed by atoms with van der Waals surface area (Å²) in [7, 11) is 0. The van der Waals surface area contributed by atoms with E-state index in [4.69, 9.17) is 0 Å². The number of aromatic hydroxyl groups is 1. The first-order valence-electron chi connectivity index (χ1n) is 6.91. The molecule has 1 aromatic carbocycles. The monoisotopic (exact) mass is 262 g/mol. The number of hydrogen-bond donors (Lipinski definition) is 3. The van der Waals surface area contributed by atoms with Crippen LogP contribution in [-0.2, 0) is 11.2 Å². The highest BCUT2D eigenvalue weighted by Gasteiger charge is 2.23. The molecule has 0 bridgehead atoms. The molecule has 1 aliphatic carbocycles. The summed E-state index contributed by atoms with van der Waals surface area (Å²) in [4.78, 5) is 11.5. The molecule has 0 spiro atoms. The topological polar surface area (TPSA) is 61.4 Å². The van der Waals surface area contributed by atoms with Gasteiger partial charge in [-0.15, -0.1) is 0 Å². The molecule has 4 nitrogen and oxygen atoms in total. The minimum absolute atomic E-state index is 0.0802. The van der Waals surface area contributed by atoms with Crippen LogP contribution in [0.2, 0.25) is 0 Å². The van der Waals surface area contributed by atoms with E-state index < -0.39 is 0 Å². The second kappa shape index (κ2) is 6.06. The van der Waals surface area contributed by atoms with Crippen LogP contribution in [0.4, 0.5) is 0 Å². The normalized spacial score (nSPS) is 17.5. The van der Waals surface area contributed by atoms with E-state index in [1.54, 1.807) is 6.07 Å². The van der Waals surface area contributed by atoms with Crippen molar-refractivity contribution in [2.45, 2.75) is 45.2 Å². The standard InChI is InChI=1S/C15H22N2O2/c1-10(2)17-15(19)8-9-16-13-7-6-12-11(13)4-3-5-14(12)18/h3-5,10,13,16,18H,6-9H2,1-2H3,(H,17,19). The number of phenolic OH excluding ortho intramolecular Hbond substituents is 1. The largest absolute Gasteiger partial charge is 0.508 e. The lowest BCUT2D eigenvalue weighted by Crippen LogP contribution is -2.33. The highest BCUT2D eigenvalue weighted by Crippen LogP contribution is 2.36. The summed E-state index contributed by atoms with van der Waals surface area (Å²) in [5.41, 5.74) is 2.22. The molecular formula is C15H22N2O2. The first-order valence-corrected chi connectivity index (χ1v) is 6.91. The van der Waals surface area contributed by atoms with Gasteiger partial charge in [0.2, 0.25) is 5.91 Å². The van der Waals surface area contributed by atoms with Gasteiger partial charge in [0.15, 0.2) is 0 Å². The lowest BCUT2D eigenvalue weighted by atomic mass is 10.1. The molecule has 3 N–H and O–H groups in total. The van der Waals surface area contributed by atoms with Gasteiger partial charge in [-0.05, 0) is 43.9 Å². The predicted octanol–water partition coefficient (Wildman–Crippen LogP) is 1.88. The molecule has 2 rings (SSSR count). The van der Waals surface area contributed by atoms with Gasteiger partial charge in [0.1, 0.15) is 5.75 Å². The molecule has 0 aromatic heterocycles. The summed E-state index contributed by atoms with van der Waals surface area (Å²) in [5.74, 6) is 0.469. The Morgan fingerprint density at radius 2 is 2.26 bits per heavy atom. The van der Waals surface area contributed by atoms with Gasteiger partial charge in [0.05, 0.1) is 0 Å². The molecule has 0 aliphatic heterocycles. The van der Waals surface area contributed by atoms with Crippen LogP contribution in [0.3, 0.4) is 0 Å². The number of carbonyl (C=O) groups is 1. The van der Waals surface area contributed by atoms with Crippen molar-refractivity contribution < 1.29 is 9.90 Å². The number of nitrogens with one attached hydrogen (secondary N) is 2. The summed E-state index contributed by atoms with van der Waals surface area (Å²) in [6.07, 6.45) is 2.37. The summed E-state index contributed by atoms with van der Waals surface area (Å²) < 4.78 is 0. The fourth-order valence-electron chi connectivity index (χ4n) is 2.60. The SMILES string of the molecule is CC(C)NC(=O)CCNC1CCc2c(O)cccc21. The number of hydrogen-bond acceptors (Lipinski definition) is 3. The Hall–Kier alpha value is -1.55. The van der Waals surface area contributed by atoms with Gasteiger partial charge in [-0.1, -0.05) is 12.1 Å². The van der Waals surface area contributed by atoms with Crippen molar-refractivity contribution in [2.24, 2.45) is 0 Å². The zero-order valence-electron chi connectivity index (χ0n) is 11.6. The fourth-order valence-corrected chi connectivity index (χ4v) is 2.60. The zero-order chi connectivity index (χ0) is 13.8. The van der Waals surface area contributed by atoms with Crippen molar-refractivity contribution in [3.05, 3.63) is 29.3 Å². The predicted molar refractivity (Wildman–Crippen MR) is 75.1 cm³/mol. The van der Waals surface area contributed by atoms with Crippen LogP contribution in [-0.4, -0.2) is 23.6 Å². The molecule has 1 aliphatic rings. The van der Waals surface area contributed by atoms with E-state index in [1.165, 1.54) is 5.56 Å². The zero-order valence-corrected chi connectivity index (χ0v) is 11.6. The van der Waals surface area contributed by atoms with Crippen LogP contribution in [0.25, 0.3) is 0 Å². The summed E-state index contributed by atoms with van der Waals surface area (Å²) >= 11 is 0. The molecule has 4 heteroatoms. The third-order valence-electron chi connectivity index (χ3n) is 3.44. The van der Waals surface area contributed by atoms with Crippen LogP contribution in [0.1, 0.15) is 43.9 Å². The first kappa shape index (κ1) is 13.9. The smallest absolute Gasteiger partial charge is 0.221 e. The molecular weight excluding hydrogens is 240 g/mol. The number of fused-ring (bicyclic) bond motifs is 1. The van der Waals surface area contributed by atoms with Crippen molar-refractivity contribution >= 4 is 5.91 Å². The van der Waals surface area contributed by atoms with E-state index in [-0.39, 0.29) is 18.0 Å². The van der Waals surface area contributed by atoms with E-state index in [0.717, 1.165) is 18.4 Å². The number of rotatable bonds is 5. The van der Waals surface area contributed by atoms with Crippen LogP contribution >= 0.6 is 0 Å². The van der Waals surface area contributed by atoms with E-state index in [9.17, 15) is 9.90 Å². The van der Waals surface area contributed by atoms with E-state index in [1.807, 2.05) is 26.0 Å². The minimum Gasteiger partial charge on any atom is -0.508 e. The highest BCUT2D eigenvalue weighted by atomic mass is 16.3. The summed E-state index contributed by atoms with van der Waals surface area (Å²) in [6.45, 7) is 4.58. The van der Waals surface area contributed by atoms with Crippen molar-refractivity contribution in [2.75, 3.05) is 6.54 Å². The summed E-state index contributed by atoms with van der Waals surface area (Å²) in [6, 6.07) is 6.11. The van der Waals surface area contributed by atoms with E-state index >= 15 is 0 Å². The summed E-state index contributed by atoms with van der Waals surface area (Å²) in [5, 5.41) is 16.0. The maximum absolute atomic E-state index is 11.5. The second-order valence-corrected chi connectivity index (χ2v) is 5.36. The Balaban J connectivity index is 1.83. The molecule has 0 radical (unpaired) electrons. The molecule has 1 atom stereocenters. The Labute approximate surface area is 114 Å². The molecule has 0 saturated carbocycles. The molecule has 104 valence electrons. The number of benzene rings is 1. The lowest BCUT2D eigenvalue weighted by molar-refractivity contribution is -0.121. The molecule has 1 unspecified atom stereocenters. The number of carbonyl (C=O) groups excluding carboxylic acids is 1. The second-order valence-electron chi connectivity index (χ2n) is 5.36. The van der Waals surface area contributed by atoms with Gasteiger partial charge in [-0.25, -0.2) is 0 Å². The maximum Gasteiger partial charge on any atom is 0.221 e. The van der Waals surface area contributed by atoms with Crippen LogP contribution in [0.5, 0.6) is 5.75 Å². The molecule has 0 heterocycles. The maximum atomic E-state index is 11.5. The van der Waals surface area contributed by atoms with Gasteiger partial charge < -0.3 is 15.7 Å². The van der Waals surface area contributed by atoms with E-state index in [0.29, 0.717) is 18.7 Å². The molecule has 0 fully saturated rings. The van der Waals surface area contributed by atoms with Crippen LogP contribution < -0.4 is 10.6 Å². The number of phenols is 1. The molecule has 1 amide bonds. The van der Waals surface area contributed by atoms with Crippen LogP contribution in [0.15, 0.2) is 18.2 Å². The van der Waals surface area contributed by atoms with Gasteiger partial charge in [0.25, 0.3) is 0 Å². The van der Waals surface area contributed by atoms with Crippen LogP contribution in [0, 0.1) is 0 Å². The van der Waals surface area contributed by atoms with Crippen molar-refractivity contribution in [3.63, 3.8) is 0 Å². The molecule has 0 saturated heterocycles. The lowest BCUT2D eigenvalue weighted by Gasteiger charge is -2.14. The van der Waals surface area contributed by atoms with Gasteiger partial charge in [0, 0.05) is 25.0 Å². The Kier molecular flexibility index (Phi) is 4.43. The fraction of sp³-hybridized carbons (Fsp3) is 0.533. The minimum atomic E-state index is 0.0802. The Morgan fingerprint density at radius 3 is 3.00 bits per heavy atom. The first-order chi connectivity index (χ1) is 9.08. The Morgan fingerprint density at radius 1 is 1.47 bits per heavy atom. The van der Waals surface area contributed by atoms with Crippen molar-refractivity contribution in [1.82, 2.24) is 10.6 Å². The molecule has 19 heavy (non-hydrogen) atoms. The molecule has 1 aromatic rings. The quantitative estimate of drug-likeness (QED) is 0.759. The number of amides is 1. The van der Waals surface area contributed by atoms with Gasteiger partial charge in [-0.3, -0.25) is 4.79 Å².